The number of likely N-dealkylation sites (tertiary alicyclic amines) is 1. The summed E-state index contributed by atoms with van der Waals surface area (Å²) in [5.41, 5.74) is 4.94. The number of ether oxygens (including phenoxy) is 1. The van der Waals surface area contributed by atoms with Gasteiger partial charge in [0.2, 0.25) is 0 Å². The summed E-state index contributed by atoms with van der Waals surface area (Å²) in [6.07, 6.45) is 1.71. The van der Waals surface area contributed by atoms with Gasteiger partial charge >= 0.3 is 6.09 Å². The zero-order valence-electron chi connectivity index (χ0n) is 14.6. The molecule has 0 saturated carbocycles. The molecule has 1 aromatic carbocycles. The quantitative estimate of drug-likeness (QED) is 0.661. The molecular formula is C18H29N3O2. The minimum Gasteiger partial charge on any atom is -0.444 e. The van der Waals surface area contributed by atoms with E-state index in [1.807, 2.05) is 20.8 Å². The number of benzene rings is 1. The van der Waals surface area contributed by atoms with Crippen molar-refractivity contribution >= 4 is 6.09 Å². The van der Waals surface area contributed by atoms with Gasteiger partial charge in [-0.15, -0.1) is 0 Å². The van der Waals surface area contributed by atoms with Gasteiger partial charge in [0, 0.05) is 13.1 Å². The highest BCUT2D eigenvalue weighted by molar-refractivity contribution is 5.68. The Balaban J connectivity index is 2.01. The highest BCUT2D eigenvalue weighted by Crippen LogP contribution is 2.30. The third-order valence-corrected chi connectivity index (χ3v) is 4.27. The Morgan fingerprint density at radius 1 is 1.39 bits per heavy atom. The lowest BCUT2D eigenvalue weighted by Gasteiger charge is -2.26. The van der Waals surface area contributed by atoms with Gasteiger partial charge in [0.1, 0.15) is 5.60 Å². The van der Waals surface area contributed by atoms with Gasteiger partial charge in [-0.05, 0) is 50.7 Å². The van der Waals surface area contributed by atoms with Gasteiger partial charge in [-0.3, -0.25) is 11.3 Å². The third kappa shape index (κ3) is 4.69. The molecule has 128 valence electrons. The smallest absolute Gasteiger partial charge is 0.410 e. The number of nitrogens with zero attached hydrogens (tertiary/aromatic N) is 1. The summed E-state index contributed by atoms with van der Waals surface area (Å²) in [5.74, 6) is 6.09. The molecule has 2 unspecified atom stereocenters. The van der Waals surface area contributed by atoms with Gasteiger partial charge in [0.15, 0.2) is 0 Å². The van der Waals surface area contributed by atoms with E-state index in [1.165, 1.54) is 11.1 Å². The van der Waals surface area contributed by atoms with Gasteiger partial charge in [0.05, 0.1) is 6.04 Å². The van der Waals surface area contributed by atoms with Crippen LogP contribution in [-0.2, 0) is 11.2 Å². The van der Waals surface area contributed by atoms with E-state index in [2.05, 4.69) is 36.6 Å². The molecule has 3 N–H and O–H groups in total. The molecule has 5 heteroatoms. The SMILES string of the molecule is CCc1ccc(C(NN)C2CCN(C(=O)OC(C)(C)C)C2)cc1. The second-order valence-corrected chi connectivity index (χ2v) is 7.21. The molecule has 23 heavy (non-hydrogen) atoms. The van der Waals surface area contributed by atoms with Crippen LogP contribution in [0.4, 0.5) is 4.79 Å². The molecule has 1 fully saturated rings. The molecule has 1 amide bonds. The molecule has 0 aromatic heterocycles. The lowest BCUT2D eigenvalue weighted by molar-refractivity contribution is 0.0285. The molecule has 0 spiro atoms. The molecule has 1 heterocycles. The third-order valence-electron chi connectivity index (χ3n) is 4.27. The number of nitrogens with one attached hydrogen (secondary N) is 1. The van der Waals surface area contributed by atoms with Crippen LogP contribution < -0.4 is 11.3 Å². The van der Waals surface area contributed by atoms with Crippen LogP contribution in [0.15, 0.2) is 24.3 Å². The first-order chi connectivity index (χ1) is 10.8. The Morgan fingerprint density at radius 2 is 2.04 bits per heavy atom. The first-order valence-electron chi connectivity index (χ1n) is 8.37. The highest BCUT2D eigenvalue weighted by atomic mass is 16.6. The topological polar surface area (TPSA) is 67.6 Å². The van der Waals surface area contributed by atoms with E-state index in [-0.39, 0.29) is 12.1 Å². The van der Waals surface area contributed by atoms with Gasteiger partial charge in [-0.1, -0.05) is 31.2 Å². The molecule has 1 aromatic rings. The number of hydrogen-bond acceptors (Lipinski definition) is 4. The van der Waals surface area contributed by atoms with Crippen molar-refractivity contribution in [3.05, 3.63) is 35.4 Å². The first-order valence-corrected chi connectivity index (χ1v) is 8.37. The number of hydrazine groups is 1. The van der Waals surface area contributed by atoms with Crippen LogP contribution in [0.25, 0.3) is 0 Å². The van der Waals surface area contributed by atoms with Gasteiger partial charge in [0.25, 0.3) is 0 Å². The number of rotatable bonds is 4. The fraction of sp³-hybridized carbons (Fsp3) is 0.611. The van der Waals surface area contributed by atoms with Crippen LogP contribution >= 0.6 is 0 Å². The molecule has 1 saturated heterocycles. The van der Waals surface area contributed by atoms with Gasteiger partial charge in [-0.25, -0.2) is 4.79 Å². The summed E-state index contributed by atoms with van der Waals surface area (Å²) >= 11 is 0. The number of amides is 1. The monoisotopic (exact) mass is 319 g/mol. The number of nitrogens with two attached hydrogens (primary N) is 1. The Kier molecular flexibility index (Phi) is 5.65. The van der Waals surface area contributed by atoms with Crippen LogP contribution in [0, 0.1) is 5.92 Å². The van der Waals surface area contributed by atoms with Crippen LogP contribution in [0.1, 0.15) is 51.3 Å². The van der Waals surface area contributed by atoms with Crippen molar-refractivity contribution in [3.63, 3.8) is 0 Å². The molecule has 2 rings (SSSR count). The first kappa shape index (κ1) is 17.8. The molecule has 0 bridgehead atoms. The summed E-state index contributed by atoms with van der Waals surface area (Å²) in [7, 11) is 0. The maximum Gasteiger partial charge on any atom is 0.410 e. The molecule has 0 radical (unpaired) electrons. The minimum absolute atomic E-state index is 0.0494. The summed E-state index contributed by atoms with van der Waals surface area (Å²) in [6, 6.07) is 8.58. The average molecular weight is 319 g/mol. The zero-order chi connectivity index (χ0) is 17.0. The van der Waals surface area contributed by atoms with E-state index < -0.39 is 5.60 Å². The van der Waals surface area contributed by atoms with Crippen LogP contribution in [-0.4, -0.2) is 29.7 Å². The molecule has 1 aliphatic rings. The fourth-order valence-electron chi connectivity index (χ4n) is 3.02. The Morgan fingerprint density at radius 3 is 2.57 bits per heavy atom. The Bertz CT molecular complexity index is 522. The molecule has 0 aliphatic carbocycles. The normalized spacial score (nSPS) is 19.7. The highest BCUT2D eigenvalue weighted by Gasteiger charge is 2.34. The van der Waals surface area contributed by atoms with E-state index in [9.17, 15) is 4.79 Å². The molecule has 2 atom stereocenters. The van der Waals surface area contributed by atoms with Crippen molar-refractivity contribution in [1.29, 1.82) is 0 Å². The lowest BCUT2D eigenvalue weighted by atomic mass is 9.92. The van der Waals surface area contributed by atoms with E-state index >= 15 is 0 Å². The van der Waals surface area contributed by atoms with Crippen molar-refractivity contribution < 1.29 is 9.53 Å². The largest absolute Gasteiger partial charge is 0.444 e. The molecular weight excluding hydrogens is 290 g/mol. The van der Waals surface area contributed by atoms with E-state index in [0.717, 1.165) is 12.8 Å². The minimum atomic E-state index is -0.462. The number of carbonyl (C=O) groups excluding carboxylic acids is 1. The van der Waals surface area contributed by atoms with Crippen LogP contribution in [0.2, 0.25) is 0 Å². The van der Waals surface area contributed by atoms with Crippen molar-refractivity contribution in [2.45, 2.75) is 52.2 Å². The second kappa shape index (κ2) is 7.32. The van der Waals surface area contributed by atoms with E-state index in [4.69, 9.17) is 10.6 Å². The standard InChI is InChI=1S/C18H29N3O2/c1-5-13-6-8-14(9-7-13)16(20-19)15-10-11-21(12-15)17(22)23-18(2,3)4/h6-9,15-16,20H,5,10-12,19H2,1-4H3. The number of carbonyl (C=O) groups is 1. The van der Waals surface area contributed by atoms with E-state index in [1.54, 1.807) is 4.90 Å². The maximum absolute atomic E-state index is 12.2. The van der Waals surface area contributed by atoms with Crippen LogP contribution in [0.5, 0.6) is 0 Å². The fourth-order valence-corrected chi connectivity index (χ4v) is 3.02. The molecule has 1 aliphatic heterocycles. The summed E-state index contributed by atoms with van der Waals surface area (Å²) in [4.78, 5) is 14.0. The second-order valence-electron chi connectivity index (χ2n) is 7.21. The predicted molar refractivity (Wildman–Crippen MR) is 91.8 cm³/mol. The van der Waals surface area contributed by atoms with E-state index in [0.29, 0.717) is 19.0 Å². The van der Waals surface area contributed by atoms with Crippen LogP contribution in [0.3, 0.4) is 0 Å². The number of aryl methyl sites for hydroxylation is 1. The number of hydrogen-bond donors (Lipinski definition) is 2. The lowest BCUT2D eigenvalue weighted by Crippen LogP contribution is -2.38. The Labute approximate surface area is 139 Å². The maximum atomic E-state index is 12.2. The van der Waals surface area contributed by atoms with Crippen molar-refractivity contribution in [2.75, 3.05) is 13.1 Å². The predicted octanol–water partition coefficient (Wildman–Crippen LogP) is 3.01. The molecule has 5 nitrogen and oxygen atoms in total. The van der Waals surface area contributed by atoms with Crippen molar-refractivity contribution in [3.8, 4) is 0 Å². The average Bonchev–Trinajstić information content (AvgIpc) is 2.97. The summed E-state index contributed by atoms with van der Waals surface area (Å²) in [6.45, 7) is 9.18. The summed E-state index contributed by atoms with van der Waals surface area (Å²) < 4.78 is 5.45. The summed E-state index contributed by atoms with van der Waals surface area (Å²) in [5, 5.41) is 0. The van der Waals surface area contributed by atoms with Gasteiger partial charge in [-0.2, -0.15) is 0 Å². The van der Waals surface area contributed by atoms with Crippen molar-refractivity contribution in [1.82, 2.24) is 10.3 Å². The zero-order valence-corrected chi connectivity index (χ0v) is 14.6. The van der Waals surface area contributed by atoms with Gasteiger partial charge < -0.3 is 9.64 Å². The Hall–Kier alpha value is -1.59. The van der Waals surface area contributed by atoms with Crippen molar-refractivity contribution in [2.24, 2.45) is 11.8 Å².